The third-order valence-corrected chi connectivity index (χ3v) is 7.72. The van der Waals surface area contributed by atoms with Crippen LogP contribution in [0.4, 0.5) is 17.6 Å². The molecule has 5 rings (SSSR count). The molecule has 0 aromatic heterocycles. The van der Waals surface area contributed by atoms with Crippen LogP contribution in [0.15, 0.2) is 24.3 Å². The number of rotatable bonds is 8. The number of epoxide rings is 1. The fraction of sp³-hybridized carbons (Fsp3) is 0.562. The first-order valence-corrected chi connectivity index (χ1v) is 14.7. The molecule has 44 heavy (non-hydrogen) atoms. The molecule has 2 aliphatic carbocycles. The molecule has 0 amide bonds. The molecule has 1 heterocycles. The van der Waals surface area contributed by atoms with Gasteiger partial charge in [-0.3, -0.25) is 0 Å². The van der Waals surface area contributed by atoms with Gasteiger partial charge < -0.3 is 39.0 Å². The molecule has 2 aromatic rings. The number of hydrogen-bond acceptors (Lipinski definition) is 7. The molecule has 2 unspecified atom stereocenters. The molecule has 1 saturated heterocycles. The summed E-state index contributed by atoms with van der Waals surface area (Å²) in [5.41, 5.74) is 0.843. The zero-order valence-corrected chi connectivity index (χ0v) is 25.4. The Morgan fingerprint density at radius 2 is 1.27 bits per heavy atom. The average molecular weight is 625 g/mol. The Balaban J connectivity index is 0.000000204. The minimum atomic E-state index is -1.05. The van der Waals surface area contributed by atoms with Crippen LogP contribution < -0.4 is 18.9 Å². The molecular formula is C32H40F4N2O6. The predicted octanol–water partition coefficient (Wildman–Crippen LogP) is 7.05. The third-order valence-electron chi connectivity index (χ3n) is 7.72. The van der Waals surface area contributed by atoms with Crippen molar-refractivity contribution in [1.29, 1.82) is 5.41 Å². The Morgan fingerprint density at radius 3 is 1.73 bits per heavy atom. The first-order chi connectivity index (χ1) is 21.1. The summed E-state index contributed by atoms with van der Waals surface area (Å²) in [5, 5.41) is 17.0. The quantitative estimate of drug-likeness (QED) is 0.141. The van der Waals surface area contributed by atoms with Crippen molar-refractivity contribution >= 4 is 5.71 Å². The summed E-state index contributed by atoms with van der Waals surface area (Å²) in [4.78, 5) is 3.35. The molecule has 3 aliphatic rings. The second kappa shape index (κ2) is 16.5. The Kier molecular flexibility index (Phi) is 13.1. The highest BCUT2D eigenvalue weighted by Crippen LogP contribution is 2.40. The zero-order chi connectivity index (χ0) is 32.4. The van der Waals surface area contributed by atoms with E-state index < -0.39 is 41.5 Å². The van der Waals surface area contributed by atoms with Gasteiger partial charge in [0.15, 0.2) is 52.4 Å². The van der Waals surface area contributed by atoms with Crippen LogP contribution >= 0.6 is 0 Å². The second-order valence-electron chi connectivity index (χ2n) is 10.6. The van der Waals surface area contributed by atoms with Crippen LogP contribution in [0, 0.1) is 35.3 Å². The van der Waals surface area contributed by atoms with E-state index in [4.69, 9.17) is 35.7 Å². The van der Waals surface area contributed by atoms with Crippen LogP contribution in [0.2, 0.25) is 0 Å². The van der Waals surface area contributed by atoms with E-state index in [9.17, 15) is 22.7 Å². The minimum Gasteiger partial charge on any atom is -0.493 e. The van der Waals surface area contributed by atoms with Crippen LogP contribution in [0.25, 0.3) is 4.85 Å². The predicted molar refractivity (Wildman–Crippen MR) is 156 cm³/mol. The van der Waals surface area contributed by atoms with Gasteiger partial charge in [-0.25, -0.2) is 24.1 Å². The van der Waals surface area contributed by atoms with Gasteiger partial charge in [-0.2, -0.15) is 0 Å². The van der Waals surface area contributed by atoms with Gasteiger partial charge >= 0.3 is 0 Å². The number of aliphatic hydroxyl groups excluding tert-OH is 1. The van der Waals surface area contributed by atoms with E-state index >= 15 is 0 Å². The lowest BCUT2D eigenvalue weighted by Crippen LogP contribution is -2.43. The summed E-state index contributed by atoms with van der Waals surface area (Å²) >= 11 is 0. The number of ether oxygens (including phenoxy) is 5. The van der Waals surface area contributed by atoms with E-state index in [1.165, 1.54) is 14.2 Å². The molecule has 2 saturated carbocycles. The van der Waals surface area contributed by atoms with Gasteiger partial charge in [0.25, 0.3) is 6.04 Å². The van der Waals surface area contributed by atoms with Crippen molar-refractivity contribution in [3.63, 3.8) is 0 Å². The fourth-order valence-electron chi connectivity index (χ4n) is 5.01. The monoisotopic (exact) mass is 624 g/mol. The lowest BCUT2D eigenvalue weighted by atomic mass is 9.90. The standard InChI is InChI=1S/C14H15F2NO3.C13H14F2O3.C5H11N/c1-17-10-4-3-5-11(14(10)18)20-13-7-9(16)8(15)6-12(13)19-2;1-16-11-5-7(14)8(15)6-12(11)17-9-3-2-4-10-13(9)18-10;1-3-5(6)4-2/h6-7,10-11,14,18H,3-5H2,2H3;5-6,9-10,13H,2-4H2,1H3;6H,3-4H2,1-2H3/t10-,11?,14+;9?,10-,13+;/m01./s1. The zero-order valence-electron chi connectivity index (χ0n) is 25.4. The summed E-state index contributed by atoms with van der Waals surface area (Å²) < 4.78 is 79.3. The van der Waals surface area contributed by atoms with Crippen molar-refractivity contribution in [3.8, 4) is 23.0 Å². The van der Waals surface area contributed by atoms with Gasteiger partial charge in [0.2, 0.25) is 0 Å². The molecule has 8 nitrogen and oxygen atoms in total. The minimum absolute atomic E-state index is 0.0288. The maximum Gasteiger partial charge on any atom is 0.252 e. The fourth-order valence-corrected chi connectivity index (χ4v) is 5.01. The van der Waals surface area contributed by atoms with E-state index in [-0.39, 0.29) is 41.3 Å². The van der Waals surface area contributed by atoms with E-state index in [1.807, 2.05) is 13.8 Å². The molecule has 6 atom stereocenters. The summed E-state index contributed by atoms with van der Waals surface area (Å²) in [7, 11) is 2.72. The topological polar surface area (TPSA) is 97.9 Å². The van der Waals surface area contributed by atoms with Crippen LogP contribution in [-0.4, -0.2) is 61.6 Å². The number of aliphatic hydroxyl groups is 1. The molecule has 2 N–H and O–H groups in total. The molecule has 1 aliphatic heterocycles. The SMILES string of the molecule is CCC(=N)CC.COc1cc(F)c(F)cc1OC1CCC[C@H]2O[C@@H]12.[C-]#[N+][C@H]1CCCC(Oc2cc(F)c(F)cc2OC)[C@@H]1O. The lowest BCUT2D eigenvalue weighted by Gasteiger charge is -2.29. The molecule has 0 bridgehead atoms. The molecule has 0 spiro atoms. The number of methoxy groups -OCH3 is 2. The van der Waals surface area contributed by atoms with Gasteiger partial charge in [-0.1, -0.05) is 13.8 Å². The molecule has 2 aromatic carbocycles. The highest BCUT2D eigenvalue weighted by molar-refractivity contribution is 5.80. The average Bonchev–Trinajstić information content (AvgIpc) is 3.83. The molecule has 12 heteroatoms. The molecule has 3 fully saturated rings. The van der Waals surface area contributed by atoms with Crippen molar-refractivity contribution in [2.24, 2.45) is 0 Å². The van der Waals surface area contributed by atoms with Crippen LogP contribution in [-0.2, 0) is 4.74 Å². The van der Waals surface area contributed by atoms with E-state index in [1.54, 1.807) is 0 Å². The van der Waals surface area contributed by atoms with E-state index in [0.29, 0.717) is 12.8 Å². The first-order valence-electron chi connectivity index (χ1n) is 14.7. The van der Waals surface area contributed by atoms with Crippen molar-refractivity contribution in [1.82, 2.24) is 0 Å². The number of hydrogen-bond donors (Lipinski definition) is 2. The Morgan fingerprint density at radius 1 is 0.818 bits per heavy atom. The Hall–Kier alpha value is -3.56. The van der Waals surface area contributed by atoms with E-state index in [2.05, 4.69) is 4.85 Å². The normalized spacial score (nSPS) is 25.0. The van der Waals surface area contributed by atoms with Gasteiger partial charge in [-0.15, -0.1) is 0 Å². The smallest absolute Gasteiger partial charge is 0.252 e. The van der Waals surface area contributed by atoms with Gasteiger partial charge in [0.1, 0.15) is 18.3 Å². The summed E-state index contributed by atoms with van der Waals surface area (Å²) in [6.07, 6.45) is 5.38. The lowest BCUT2D eigenvalue weighted by molar-refractivity contribution is 0.00110. The maximum atomic E-state index is 13.3. The van der Waals surface area contributed by atoms with Gasteiger partial charge in [0.05, 0.1) is 20.3 Å². The van der Waals surface area contributed by atoms with Crippen molar-refractivity contribution < 1.29 is 46.4 Å². The molecular weight excluding hydrogens is 584 g/mol. The van der Waals surface area contributed by atoms with Crippen molar-refractivity contribution in [3.05, 3.63) is 59.0 Å². The van der Waals surface area contributed by atoms with Crippen LogP contribution in [0.1, 0.15) is 65.2 Å². The highest BCUT2D eigenvalue weighted by Gasteiger charge is 2.49. The van der Waals surface area contributed by atoms with Gasteiger partial charge in [0, 0.05) is 36.4 Å². The van der Waals surface area contributed by atoms with E-state index in [0.717, 1.165) is 68.5 Å². The molecule has 242 valence electrons. The second-order valence-corrected chi connectivity index (χ2v) is 10.6. The number of nitrogens with zero attached hydrogens (tertiary/aromatic N) is 1. The van der Waals surface area contributed by atoms with Crippen LogP contribution in [0.3, 0.4) is 0 Å². The van der Waals surface area contributed by atoms with Crippen LogP contribution in [0.5, 0.6) is 23.0 Å². The molecule has 0 radical (unpaired) electrons. The summed E-state index contributed by atoms with van der Waals surface area (Å²) in [6, 6.07) is 3.29. The number of halogens is 4. The third kappa shape index (κ3) is 9.22. The Labute approximate surface area is 255 Å². The maximum absolute atomic E-state index is 13.3. The first kappa shape index (κ1) is 34.9. The summed E-state index contributed by atoms with van der Waals surface area (Å²) in [6.45, 7) is 11.0. The largest absolute Gasteiger partial charge is 0.493 e. The van der Waals surface area contributed by atoms with Crippen molar-refractivity contribution in [2.45, 2.75) is 102 Å². The Bertz CT molecular complexity index is 1300. The number of benzene rings is 2. The van der Waals surface area contributed by atoms with Crippen molar-refractivity contribution in [2.75, 3.05) is 14.2 Å². The number of nitrogens with one attached hydrogen (secondary N) is 1. The highest BCUT2D eigenvalue weighted by atomic mass is 19.2. The van der Waals surface area contributed by atoms with Gasteiger partial charge in [-0.05, 0) is 44.9 Å². The number of fused-ring (bicyclic) bond motifs is 1. The summed E-state index contributed by atoms with van der Waals surface area (Å²) in [5.74, 6) is -3.43.